The monoisotopic (exact) mass is 702 g/mol. The highest BCUT2D eigenvalue weighted by molar-refractivity contribution is 6.30. The lowest BCUT2D eigenvalue weighted by Gasteiger charge is -2.09. The standard InChI is InChI=1S/C24H25N3.C21H18ClN3/c1-2-3-6-17-9-11-18(12-10-17)13-14-19-15-21-20-7-4-5-8-22(20)27-24(25)23(21)26-16-19;1-13-2-9-17-18-11-15(4-3-14-5-7-16(22)8-6-14)12-24-20(18)21(23)25-19(17)10-13/h4-5,7-12,15-16H,2-3,6,13-14H2,1H3,(H2,25,27);2,5-12H,3-4H2,1H3,(H2,23,25). The fourth-order valence-electron chi connectivity index (χ4n) is 6.72. The number of unbranched alkanes of at least 4 members (excludes halogenated alkanes) is 1. The van der Waals surface area contributed by atoms with Gasteiger partial charge in [0.15, 0.2) is 11.6 Å². The van der Waals surface area contributed by atoms with Gasteiger partial charge in [-0.15, -0.1) is 0 Å². The molecule has 4 heterocycles. The summed E-state index contributed by atoms with van der Waals surface area (Å²) in [4.78, 5) is 18.1. The third-order valence-electron chi connectivity index (χ3n) is 9.65. The van der Waals surface area contributed by atoms with Crippen molar-refractivity contribution in [1.29, 1.82) is 0 Å². The summed E-state index contributed by atoms with van der Waals surface area (Å²) in [5, 5.41) is 5.12. The summed E-state index contributed by atoms with van der Waals surface area (Å²) >= 11 is 5.95. The Bertz CT molecular complexity index is 2490. The number of pyridine rings is 4. The summed E-state index contributed by atoms with van der Waals surface area (Å²) in [6.07, 6.45) is 11.4. The van der Waals surface area contributed by atoms with E-state index in [1.54, 1.807) is 0 Å². The molecule has 0 atom stereocenters. The minimum atomic E-state index is 0.484. The summed E-state index contributed by atoms with van der Waals surface area (Å²) in [6.45, 7) is 4.29. The maximum absolute atomic E-state index is 6.12. The molecular formula is C45H43ClN6. The Balaban J connectivity index is 0.000000162. The van der Waals surface area contributed by atoms with Gasteiger partial charge in [0.2, 0.25) is 0 Å². The van der Waals surface area contributed by atoms with Crippen LogP contribution in [0.3, 0.4) is 0 Å². The molecule has 0 aliphatic rings. The second-order valence-electron chi connectivity index (χ2n) is 13.6. The van der Waals surface area contributed by atoms with Crippen LogP contribution in [-0.4, -0.2) is 19.9 Å². The Labute approximate surface area is 309 Å². The zero-order valence-corrected chi connectivity index (χ0v) is 30.5. The molecule has 8 rings (SSSR count). The summed E-state index contributed by atoms with van der Waals surface area (Å²) in [5.41, 5.74) is 23.3. The van der Waals surface area contributed by atoms with Crippen LogP contribution in [0.25, 0.3) is 43.6 Å². The number of fused-ring (bicyclic) bond motifs is 6. The van der Waals surface area contributed by atoms with Gasteiger partial charge in [0.1, 0.15) is 11.0 Å². The maximum atomic E-state index is 6.12. The van der Waals surface area contributed by atoms with E-state index in [1.807, 2.05) is 42.7 Å². The second kappa shape index (κ2) is 15.7. The average Bonchev–Trinajstić information content (AvgIpc) is 3.16. The molecule has 0 aliphatic heterocycles. The molecule has 52 heavy (non-hydrogen) atoms. The first-order chi connectivity index (χ1) is 25.3. The van der Waals surface area contributed by atoms with E-state index in [2.05, 4.69) is 107 Å². The summed E-state index contributed by atoms with van der Waals surface area (Å²) < 4.78 is 0. The predicted molar refractivity (Wildman–Crippen MR) is 219 cm³/mol. The number of aromatic nitrogens is 4. The molecule has 0 amide bonds. The van der Waals surface area contributed by atoms with Gasteiger partial charge in [0, 0.05) is 39.0 Å². The molecular weight excluding hydrogens is 660 g/mol. The lowest BCUT2D eigenvalue weighted by Crippen LogP contribution is -1.98. The van der Waals surface area contributed by atoms with E-state index >= 15 is 0 Å². The van der Waals surface area contributed by atoms with Gasteiger partial charge in [-0.1, -0.05) is 91.7 Å². The molecule has 0 aliphatic carbocycles. The molecule has 8 aromatic rings. The number of para-hydroxylation sites is 1. The zero-order chi connectivity index (χ0) is 36.0. The highest BCUT2D eigenvalue weighted by atomic mass is 35.5. The van der Waals surface area contributed by atoms with Crippen molar-refractivity contribution in [2.45, 2.75) is 58.8 Å². The number of rotatable bonds is 9. The highest BCUT2D eigenvalue weighted by Crippen LogP contribution is 2.29. The van der Waals surface area contributed by atoms with Crippen molar-refractivity contribution in [2.75, 3.05) is 11.5 Å². The largest absolute Gasteiger partial charge is 0.382 e. The van der Waals surface area contributed by atoms with Gasteiger partial charge in [0.05, 0.1) is 11.0 Å². The van der Waals surface area contributed by atoms with Crippen LogP contribution in [0.4, 0.5) is 11.6 Å². The number of aryl methyl sites for hydroxylation is 6. The first kappa shape index (κ1) is 34.8. The normalized spacial score (nSPS) is 11.3. The number of hydrogen-bond donors (Lipinski definition) is 2. The third kappa shape index (κ3) is 7.98. The van der Waals surface area contributed by atoms with Crippen LogP contribution in [0, 0.1) is 6.92 Å². The maximum Gasteiger partial charge on any atom is 0.150 e. The van der Waals surface area contributed by atoms with Gasteiger partial charge in [-0.3, -0.25) is 9.97 Å². The van der Waals surface area contributed by atoms with E-state index in [1.165, 1.54) is 52.6 Å². The minimum absolute atomic E-state index is 0.484. The van der Waals surface area contributed by atoms with Crippen molar-refractivity contribution in [2.24, 2.45) is 0 Å². The molecule has 260 valence electrons. The van der Waals surface area contributed by atoms with Crippen molar-refractivity contribution >= 4 is 66.8 Å². The molecule has 0 fully saturated rings. The lowest BCUT2D eigenvalue weighted by atomic mass is 10.0. The fraction of sp³-hybridized carbons (Fsp3) is 0.200. The zero-order valence-electron chi connectivity index (χ0n) is 29.7. The molecule has 7 heteroatoms. The third-order valence-corrected chi connectivity index (χ3v) is 9.91. The van der Waals surface area contributed by atoms with Crippen molar-refractivity contribution in [3.63, 3.8) is 0 Å². The average molecular weight is 703 g/mol. The van der Waals surface area contributed by atoms with E-state index in [0.29, 0.717) is 11.6 Å². The summed E-state index contributed by atoms with van der Waals surface area (Å²) in [7, 11) is 0. The topological polar surface area (TPSA) is 104 Å². The molecule has 0 saturated heterocycles. The number of hydrogen-bond acceptors (Lipinski definition) is 6. The molecule has 0 spiro atoms. The highest BCUT2D eigenvalue weighted by Gasteiger charge is 2.10. The Morgan fingerprint density at radius 2 is 1.02 bits per heavy atom. The van der Waals surface area contributed by atoms with Crippen molar-refractivity contribution in [3.8, 4) is 0 Å². The minimum Gasteiger partial charge on any atom is -0.382 e. The van der Waals surface area contributed by atoms with Gasteiger partial charge in [-0.2, -0.15) is 0 Å². The second-order valence-corrected chi connectivity index (χ2v) is 14.0. The Kier molecular flexibility index (Phi) is 10.6. The molecule has 0 radical (unpaired) electrons. The molecule has 4 aromatic heterocycles. The molecule has 6 nitrogen and oxygen atoms in total. The van der Waals surface area contributed by atoms with Crippen LogP contribution in [0.15, 0.2) is 116 Å². The molecule has 4 aromatic carbocycles. The smallest absolute Gasteiger partial charge is 0.150 e. The molecule has 0 saturated carbocycles. The Hall–Kier alpha value is -5.59. The van der Waals surface area contributed by atoms with Crippen LogP contribution in [0.1, 0.15) is 53.1 Å². The van der Waals surface area contributed by atoms with Gasteiger partial charge in [-0.25, -0.2) is 9.97 Å². The number of halogens is 1. The van der Waals surface area contributed by atoms with Crippen molar-refractivity contribution in [1.82, 2.24) is 19.9 Å². The van der Waals surface area contributed by atoms with Crippen molar-refractivity contribution in [3.05, 3.63) is 154 Å². The number of nitrogen functional groups attached to an aromatic ring is 2. The summed E-state index contributed by atoms with van der Waals surface area (Å²) in [5.74, 6) is 0.982. The van der Waals surface area contributed by atoms with E-state index in [0.717, 1.165) is 74.3 Å². The van der Waals surface area contributed by atoms with Crippen LogP contribution in [0.5, 0.6) is 0 Å². The van der Waals surface area contributed by atoms with E-state index < -0.39 is 0 Å². The van der Waals surface area contributed by atoms with Gasteiger partial charge < -0.3 is 11.5 Å². The number of anilines is 2. The van der Waals surface area contributed by atoms with Crippen molar-refractivity contribution < 1.29 is 0 Å². The van der Waals surface area contributed by atoms with Crippen LogP contribution in [-0.2, 0) is 32.1 Å². The quantitative estimate of drug-likeness (QED) is 0.145. The molecule has 0 bridgehead atoms. The Morgan fingerprint density at radius 3 is 1.62 bits per heavy atom. The van der Waals surface area contributed by atoms with Crippen LogP contribution >= 0.6 is 11.6 Å². The van der Waals surface area contributed by atoms with Gasteiger partial charge in [-0.05, 0) is 115 Å². The van der Waals surface area contributed by atoms with Gasteiger partial charge in [0.25, 0.3) is 0 Å². The first-order valence-corrected chi connectivity index (χ1v) is 18.4. The SMILES string of the molecule is CCCCc1ccc(CCc2cnc3c(N)nc4ccccc4c3c2)cc1.Cc1ccc2c(c1)nc(N)c1ncc(CCc3ccc(Cl)cc3)cc12. The first-order valence-electron chi connectivity index (χ1n) is 18.0. The molecule has 0 unspecified atom stereocenters. The van der Waals surface area contributed by atoms with Crippen LogP contribution in [0.2, 0.25) is 5.02 Å². The summed E-state index contributed by atoms with van der Waals surface area (Å²) in [6, 6.07) is 35.8. The number of benzene rings is 4. The number of nitrogens with two attached hydrogens (primary N) is 2. The van der Waals surface area contributed by atoms with Gasteiger partial charge >= 0.3 is 0 Å². The Morgan fingerprint density at radius 1 is 0.519 bits per heavy atom. The van der Waals surface area contributed by atoms with Crippen LogP contribution < -0.4 is 11.5 Å². The predicted octanol–water partition coefficient (Wildman–Crippen LogP) is 10.6. The van der Waals surface area contributed by atoms with E-state index in [9.17, 15) is 0 Å². The molecule has 4 N–H and O–H groups in total. The van der Waals surface area contributed by atoms with E-state index in [-0.39, 0.29) is 0 Å². The lowest BCUT2D eigenvalue weighted by molar-refractivity contribution is 0.794. The fourth-order valence-corrected chi connectivity index (χ4v) is 6.84. The number of nitrogens with zero attached hydrogens (tertiary/aromatic N) is 4. The van der Waals surface area contributed by atoms with E-state index in [4.69, 9.17) is 23.1 Å².